The zero-order valence-corrected chi connectivity index (χ0v) is 13.0. The van der Waals surface area contributed by atoms with E-state index in [0.29, 0.717) is 0 Å². The van der Waals surface area contributed by atoms with Crippen molar-refractivity contribution in [2.45, 2.75) is 17.0 Å². The third-order valence-corrected chi connectivity index (χ3v) is 4.75. The fraction of sp³-hybridized carbons (Fsp3) is 0.267. The maximum absolute atomic E-state index is 8.82. The van der Waals surface area contributed by atoms with Crippen molar-refractivity contribution in [2.75, 3.05) is 13.7 Å². The van der Waals surface area contributed by atoms with Crippen molar-refractivity contribution < 1.29 is 9.84 Å². The van der Waals surface area contributed by atoms with Crippen LogP contribution in [-0.2, 0) is 5.75 Å². The number of hydrogen-bond acceptors (Lipinski definition) is 5. The number of aryl methyl sites for hydroxylation is 1. The van der Waals surface area contributed by atoms with E-state index < -0.39 is 0 Å². The summed E-state index contributed by atoms with van der Waals surface area (Å²) in [5, 5.41) is 10.9. The highest BCUT2D eigenvalue weighted by molar-refractivity contribution is 8.00. The van der Waals surface area contributed by atoms with Gasteiger partial charge in [-0.15, -0.1) is 11.3 Å². The molecule has 1 heterocycles. The lowest BCUT2D eigenvalue weighted by molar-refractivity contribution is 0.350. The average molecular weight is 305 g/mol. The highest BCUT2D eigenvalue weighted by Crippen LogP contribution is 2.28. The zero-order valence-electron chi connectivity index (χ0n) is 11.3. The van der Waals surface area contributed by atoms with Crippen LogP contribution in [0.4, 0.5) is 0 Å². The summed E-state index contributed by atoms with van der Waals surface area (Å²) in [7, 11) is 1.65. The van der Waals surface area contributed by atoms with Crippen LogP contribution in [0, 0.1) is 18.8 Å². The molecule has 2 aromatic rings. The van der Waals surface area contributed by atoms with Crippen LogP contribution in [0.25, 0.3) is 0 Å². The Bertz CT molecular complexity index is 641. The van der Waals surface area contributed by atoms with Crippen LogP contribution in [0.1, 0.15) is 16.8 Å². The molecule has 0 fully saturated rings. The molecular weight excluding hydrogens is 290 g/mol. The second-order valence-electron chi connectivity index (χ2n) is 4.03. The SMILES string of the molecule is COc1ccc(C#CCO)c(CSc2nc(C)cs2)c1. The Hall–Kier alpha value is -1.48. The molecule has 0 spiro atoms. The Kier molecular flexibility index (Phi) is 5.48. The smallest absolute Gasteiger partial charge is 0.150 e. The minimum absolute atomic E-state index is 0.135. The molecule has 0 aliphatic heterocycles. The largest absolute Gasteiger partial charge is 0.497 e. The van der Waals surface area contributed by atoms with Crippen molar-refractivity contribution in [3.63, 3.8) is 0 Å². The van der Waals surface area contributed by atoms with E-state index in [9.17, 15) is 0 Å². The number of benzene rings is 1. The first-order valence-corrected chi connectivity index (χ1v) is 7.91. The molecule has 0 aliphatic rings. The molecule has 1 aromatic carbocycles. The van der Waals surface area contributed by atoms with Crippen LogP contribution in [0.3, 0.4) is 0 Å². The van der Waals surface area contributed by atoms with Crippen LogP contribution in [0.2, 0.25) is 0 Å². The Balaban J connectivity index is 2.18. The number of hydrogen-bond donors (Lipinski definition) is 1. The van der Waals surface area contributed by atoms with Crippen molar-refractivity contribution >= 4 is 23.1 Å². The minimum atomic E-state index is -0.135. The fourth-order valence-corrected chi connectivity index (χ4v) is 3.45. The van der Waals surface area contributed by atoms with Crippen molar-refractivity contribution in [2.24, 2.45) is 0 Å². The maximum atomic E-state index is 8.82. The second-order valence-corrected chi connectivity index (χ2v) is 6.11. The summed E-state index contributed by atoms with van der Waals surface area (Å²) in [5.74, 6) is 7.24. The van der Waals surface area contributed by atoms with Crippen molar-refractivity contribution in [1.29, 1.82) is 0 Å². The van der Waals surface area contributed by atoms with Gasteiger partial charge in [-0.05, 0) is 30.7 Å². The van der Waals surface area contributed by atoms with Gasteiger partial charge in [0, 0.05) is 22.4 Å². The molecule has 0 saturated heterocycles. The molecule has 1 aromatic heterocycles. The van der Waals surface area contributed by atoms with Gasteiger partial charge in [0.2, 0.25) is 0 Å². The van der Waals surface area contributed by atoms with Crippen LogP contribution in [0.15, 0.2) is 27.9 Å². The zero-order chi connectivity index (χ0) is 14.4. The van der Waals surface area contributed by atoms with Gasteiger partial charge in [0.25, 0.3) is 0 Å². The predicted molar refractivity (Wildman–Crippen MR) is 83.4 cm³/mol. The molecule has 0 atom stereocenters. The van der Waals surface area contributed by atoms with E-state index in [0.717, 1.165) is 32.7 Å². The number of aliphatic hydroxyl groups is 1. The Morgan fingerprint density at radius 3 is 2.95 bits per heavy atom. The van der Waals surface area contributed by atoms with E-state index in [1.165, 1.54) is 0 Å². The number of ether oxygens (including phenoxy) is 1. The Morgan fingerprint density at radius 2 is 2.30 bits per heavy atom. The Labute approximate surface area is 127 Å². The lowest BCUT2D eigenvalue weighted by atomic mass is 10.1. The summed E-state index contributed by atoms with van der Waals surface area (Å²) in [4.78, 5) is 4.43. The van der Waals surface area contributed by atoms with Gasteiger partial charge in [0.1, 0.15) is 16.7 Å². The van der Waals surface area contributed by atoms with E-state index in [1.807, 2.05) is 30.5 Å². The van der Waals surface area contributed by atoms with Gasteiger partial charge in [0.05, 0.1) is 7.11 Å². The van der Waals surface area contributed by atoms with Crippen LogP contribution >= 0.6 is 23.1 Å². The topological polar surface area (TPSA) is 42.4 Å². The molecule has 0 saturated carbocycles. The summed E-state index contributed by atoms with van der Waals surface area (Å²) in [6.07, 6.45) is 0. The number of rotatable bonds is 4. The monoisotopic (exact) mass is 305 g/mol. The van der Waals surface area contributed by atoms with Crippen molar-refractivity contribution in [3.05, 3.63) is 40.4 Å². The molecule has 0 unspecified atom stereocenters. The number of methoxy groups -OCH3 is 1. The maximum Gasteiger partial charge on any atom is 0.150 e. The summed E-state index contributed by atoms with van der Waals surface area (Å²) < 4.78 is 6.30. The van der Waals surface area contributed by atoms with Gasteiger partial charge in [-0.2, -0.15) is 0 Å². The normalized spacial score (nSPS) is 9.95. The molecule has 2 rings (SSSR count). The highest BCUT2D eigenvalue weighted by atomic mass is 32.2. The van der Waals surface area contributed by atoms with E-state index >= 15 is 0 Å². The standard InChI is InChI=1S/C15H15NO2S2/c1-11-9-19-15(16-11)20-10-13-8-14(18-2)6-5-12(13)4-3-7-17/h5-6,8-9,17H,7,10H2,1-2H3. The summed E-state index contributed by atoms with van der Waals surface area (Å²) in [6.45, 7) is 1.86. The lowest BCUT2D eigenvalue weighted by Crippen LogP contribution is -1.91. The van der Waals surface area contributed by atoms with Crippen LogP contribution < -0.4 is 4.74 Å². The molecule has 0 bridgehead atoms. The first-order chi connectivity index (χ1) is 9.72. The number of nitrogens with zero attached hydrogens (tertiary/aromatic N) is 1. The summed E-state index contributed by atoms with van der Waals surface area (Å²) in [6, 6.07) is 5.78. The summed E-state index contributed by atoms with van der Waals surface area (Å²) in [5.41, 5.74) is 3.05. The van der Waals surface area contributed by atoms with Crippen LogP contribution in [0.5, 0.6) is 5.75 Å². The highest BCUT2D eigenvalue weighted by Gasteiger charge is 2.06. The predicted octanol–water partition coefficient (Wildman–Crippen LogP) is 3.10. The van der Waals surface area contributed by atoms with Crippen LogP contribution in [-0.4, -0.2) is 23.8 Å². The van der Waals surface area contributed by atoms with Gasteiger partial charge < -0.3 is 9.84 Å². The second kappa shape index (κ2) is 7.34. The molecule has 5 heteroatoms. The first-order valence-electron chi connectivity index (χ1n) is 6.04. The molecule has 3 nitrogen and oxygen atoms in total. The Morgan fingerprint density at radius 1 is 1.45 bits per heavy atom. The van der Waals surface area contributed by atoms with Gasteiger partial charge >= 0.3 is 0 Å². The quantitative estimate of drug-likeness (QED) is 0.696. The van der Waals surface area contributed by atoms with Gasteiger partial charge in [0.15, 0.2) is 0 Å². The average Bonchev–Trinajstić information content (AvgIpc) is 2.89. The number of thioether (sulfide) groups is 1. The minimum Gasteiger partial charge on any atom is -0.497 e. The van der Waals surface area contributed by atoms with Crippen molar-refractivity contribution in [1.82, 2.24) is 4.98 Å². The van der Waals surface area contributed by atoms with E-state index in [-0.39, 0.29) is 6.61 Å². The third-order valence-electron chi connectivity index (χ3n) is 2.56. The van der Waals surface area contributed by atoms with Gasteiger partial charge in [-0.25, -0.2) is 4.98 Å². The van der Waals surface area contributed by atoms with E-state index in [4.69, 9.17) is 9.84 Å². The molecule has 0 radical (unpaired) electrons. The lowest BCUT2D eigenvalue weighted by Gasteiger charge is -2.06. The summed E-state index contributed by atoms with van der Waals surface area (Å²) >= 11 is 3.33. The van der Waals surface area contributed by atoms with E-state index in [1.54, 1.807) is 30.2 Å². The number of aliphatic hydroxyl groups excluding tert-OH is 1. The molecular formula is C15H15NO2S2. The molecule has 0 aliphatic carbocycles. The third kappa shape index (κ3) is 4.01. The van der Waals surface area contributed by atoms with E-state index in [2.05, 4.69) is 16.8 Å². The van der Waals surface area contributed by atoms with Gasteiger partial charge in [-0.1, -0.05) is 23.6 Å². The van der Waals surface area contributed by atoms with Gasteiger partial charge in [-0.3, -0.25) is 0 Å². The number of thiazole rings is 1. The first kappa shape index (κ1) is 14.9. The molecule has 104 valence electrons. The molecule has 20 heavy (non-hydrogen) atoms. The molecule has 0 amide bonds. The molecule has 1 N–H and O–H groups in total. The number of aromatic nitrogens is 1. The van der Waals surface area contributed by atoms with Crippen molar-refractivity contribution in [3.8, 4) is 17.6 Å². The fourth-order valence-electron chi connectivity index (χ4n) is 1.61.